The van der Waals surface area contributed by atoms with Crippen molar-refractivity contribution >= 4 is 23.0 Å². The smallest absolute Gasteiger partial charge is 0.407 e. The Morgan fingerprint density at radius 1 is 1.32 bits per heavy atom. The van der Waals surface area contributed by atoms with E-state index in [9.17, 15) is 23.9 Å². The SMILES string of the molecule is CC[C@@]1(O)C(=O)OCc2c1cc1n(c2=O)Cc2c-1nc1cc(F)c(C)cc1c2[C@@H](C)NC(=O)OCCO. The lowest BCUT2D eigenvalue weighted by atomic mass is 9.86. The number of benzene rings is 1. The number of ether oxygens (including phenoxy) is 2. The number of halogens is 1. The molecule has 0 bridgehead atoms. The van der Waals surface area contributed by atoms with Crippen molar-refractivity contribution in [3.05, 3.63) is 62.2 Å². The molecule has 0 spiro atoms. The maximum absolute atomic E-state index is 14.6. The number of hydrogen-bond donors (Lipinski definition) is 3. The van der Waals surface area contributed by atoms with Gasteiger partial charge in [0.2, 0.25) is 0 Å². The Kier molecular flexibility index (Phi) is 5.99. The molecule has 2 atom stereocenters. The second kappa shape index (κ2) is 8.93. The minimum atomic E-state index is -1.97. The molecule has 37 heavy (non-hydrogen) atoms. The number of aliphatic hydroxyl groups is 2. The zero-order valence-electron chi connectivity index (χ0n) is 20.6. The summed E-state index contributed by atoms with van der Waals surface area (Å²) in [7, 11) is 0. The number of pyridine rings is 2. The molecule has 0 fully saturated rings. The standard InChI is InChI=1S/C26H26FN3O7/c1-4-26(35)17-8-20-22-15(10-30(20)23(32)16(17)11-37-24(26)33)21(13(3)28-25(34)36-6-5-31)14-7-12(2)18(27)9-19(14)29-22/h7-9,13,31,35H,4-6,10-11H2,1-3H3,(H,28,34)/t13-,26+/m1/s1. The fraction of sp³-hybridized carbons (Fsp3) is 0.385. The minimum absolute atomic E-state index is 0.00633. The maximum atomic E-state index is 14.6. The number of amides is 1. The van der Waals surface area contributed by atoms with E-state index in [1.807, 2.05) is 0 Å². The van der Waals surface area contributed by atoms with Gasteiger partial charge in [0.15, 0.2) is 5.60 Å². The zero-order chi connectivity index (χ0) is 26.6. The highest BCUT2D eigenvalue weighted by molar-refractivity contribution is 5.90. The lowest BCUT2D eigenvalue weighted by Crippen LogP contribution is -2.44. The number of rotatable bonds is 5. The fourth-order valence-corrected chi connectivity index (χ4v) is 5.16. The van der Waals surface area contributed by atoms with Crippen molar-refractivity contribution in [2.45, 2.75) is 52.0 Å². The number of aromatic nitrogens is 2. The summed E-state index contributed by atoms with van der Waals surface area (Å²) in [4.78, 5) is 42.9. The number of alkyl carbamates (subject to hydrolysis) is 1. The molecule has 3 aromatic rings. The first-order valence-electron chi connectivity index (χ1n) is 11.9. The van der Waals surface area contributed by atoms with E-state index in [4.69, 9.17) is 14.6 Å². The first kappa shape index (κ1) is 24.8. The number of nitrogens with one attached hydrogen (secondary N) is 1. The van der Waals surface area contributed by atoms with Crippen LogP contribution in [-0.4, -0.2) is 45.0 Å². The van der Waals surface area contributed by atoms with E-state index in [0.29, 0.717) is 39.0 Å². The number of cyclic esters (lactones) is 1. The van der Waals surface area contributed by atoms with Crippen molar-refractivity contribution in [3.63, 3.8) is 0 Å². The molecule has 3 N–H and O–H groups in total. The highest BCUT2D eigenvalue weighted by atomic mass is 19.1. The zero-order valence-corrected chi connectivity index (χ0v) is 20.6. The van der Waals surface area contributed by atoms with E-state index in [-0.39, 0.29) is 43.9 Å². The van der Waals surface area contributed by atoms with Gasteiger partial charge in [0.1, 0.15) is 19.0 Å². The predicted molar refractivity (Wildman–Crippen MR) is 129 cm³/mol. The first-order valence-corrected chi connectivity index (χ1v) is 11.9. The molecule has 10 nitrogen and oxygen atoms in total. The summed E-state index contributed by atoms with van der Waals surface area (Å²) < 4.78 is 26.1. The molecule has 0 saturated heterocycles. The molecule has 5 rings (SSSR count). The molecule has 1 amide bonds. The van der Waals surface area contributed by atoms with E-state index in [0.717, 1.165) is 0 Å². The molecule has 11 heteroatoms. The topological polar surface area (TPSA) is 140 Å². The molecule has 0 aliphatic carbocycles. The lowest BCUT2D eigenvalue weighted by Gasteiger charge is -2.31. The van der Waals surface area contributed by atoms with Gasteiger partial charge >= 0.3 is 12.1 Å². The molecule has 0 radical (unpaired) electrons. The van der Waals surface area contributed by atoms with E-state index in [1.54, 1.807) is 32.9 Å². The molecule has 2 aliphatic rings. The van der Waals surface area contributed by atoms with Gasteiger partial charge in [-0.25, -0.2) is 19.0 Å². The van der Waals surface area contributed by atoms with Crippen LogP contribution in [0.15, 0.2) is 23.0 Å². The number of aliphatic hydroxyl groups excluding tert-OH is 1. The van der Waals surface area contributed by atoms with E-state index in [2.05, 4.69) is 10.3 Å². The van der Waals surface area contributed by atoms with Gasteiger partial charge in [0.25, 0.3) is 5.56 Å². The van der Waals surface area contributed by atoms with Crippen LogP contribution in [0.1, 0.15) is 54.1 Å². The largest absolute Gasteiger partial charge is 0.458 e. The Balaban J connectivity index is 1.74. The molecule has 2 aromatic heterocycles. The Morgan fingerprint density at radius 2 is 2.08 bits per heavy atom. The Morgan fingerprint density at radius 3 is 2.78 bits per heavy atom. The van der Waals surface area contributed by atoms with Crippen molar-refractivity contribution in [1.82, 2.24) is 14.9 Å². The molecule has 1 aromatic carbocycles. The average molecular weight is 512 g/mol. The summed E-state index contributed by atoms with van der Waals surface area (Å²) in [5, 5.41) is 23.4. The summed E-state index contributed by atoms with van der Waals surface area (Å²) in [5.74, 6) is -1.29. The Bertz CT molecular complexity index is 1530. The highest BCUT2D eigenvalue weighted by Gasteiger charge is 2.45. The van der Waals surface area contributed by atoms with Crippen molar-refractivity contribution in [2.24, 2.45) is 0 Å². The second-order valence-electron chi connectivity index (χ2n) is 9.30. The van der Waals surface area contributed by atoms with Gasteiger partial charge in [0, 0.05) is 22.6 Å². The molecule has 0 unspecified atom stereocenters. The van der Waals surface area contributed by atoms with Crippen molar-refractivity contribution in [1.29, 1.82) is 0 Å². The lowest BCUT2D eigenvalue weighted by molar-refractivity contribution is -0.172. The molecule has 194 valence electrons. The van der Waals surface area contributed by atoms with Crippen LogP contribution in [0.2, 0.25) is 0 Å². The number of carbonyl (C=O) groups is 2. The summed E-state index contributed by atoms with van der Waals surface area (Å²) in [6.07, 6.45) is -0.738. The summed E-state index contributed by atoms with van der Waals surface area (Å²) in [5.41, 5.74) is 0.697. The molecule has 4 heterocycles. The van der Waals surface area contributed by atoms with Crippen LogP contribution in [0.4, 0.5) is 9.18 Å². The Labute approximate surface area is 210 Å². The maximum Gasteiger partial charge on any atom is 0.407 e. The number of hydrogen-bond acceptors (Lipinski definition) is 8. The predicted octanol–water partition coefficient (Wildman–Crippen LogP) is 2.31. The normalized spacial score (nSPS) is 18.6. The third kappa shape index (κ3) is 3.77. The van der Waals surface area contributed by atoms with Crippen molar-refractivity contribution < 1.29 is 33.7 Å². The summed E-state index contributed by atoms with van der Waals surface area (Å²) >= 11 is 0. The summed E-state index contributed by atoms with van der Waals surface area (Å²) in [6.45, 7) is 4.32. The van der Waals surface area contributed by atoms with Gasteiger partial charge in [-0.2, -0.15) is 0 Å². The molecule has 0 saturated carbocycles. The van der Waals surface area contributed by atoms with Crippen LogP contribution in [0.3, 0.4) is 0 Å². The van der Waals surface area contributed by atoms with Gasteiger partial charge in [0.05, 0.1) is 41.7 Å². The van der Waals surface area contributed by atoms with Gasteiger partial charge < -0.3 is 29.6 Å². The summed E-state index contributed by atoms with van der Waals surface area (Å²) in [6, 6.07) is 3.88. The van der Waals surface area contributed by atoms with E-state index in [1.165, 1.54) is 10.6 Å². The molecular weight excluding hydrogens is 485 g/mol. The van der Waals surface area contributed by atoms with Crippen LogP contribution >= 0.6 is 0 Å². The fourth-order valence-electron chi connectivity index (χ4n) is 5.16. The highest BCUT2D eigenvalue weighted by Crippen LogP contribution is 2.42. The number of aryl methyl sites for hydroxylation is 1. The second-order valence-corrected chi connectivity index (χ2v) is 9.30. The third-order valence-electron chi connectivity index (χ3n) is 7.10. The van der Waals surface area contributed by atoms with Crippen LogP contribution in [0.25, 0.3) is 22.3 Å². The number of carbonyl (C=O) groups excluding carboxylic acids is 2. The average Bonchev–Trinajstić information content (AvgIpc) is 3.23. The van der Waals surface area contributed by atoms with Crippen LogP contribution in [-0.2, 0) is 33.0 Å². The van der Waals surface area contributed by atoms with Crippen LogP contribution < -0.4 is 10.9 Å². The monoisotopic (exact) mass is 511 g/mol. The molecule has 2 aliphatic heterocycles. The van der Waals surface area contributed by atoms with Gasteiger partial charge in [-0.15, -0.1) is 0 Å². The van der Waals surface area contributed by atoms with Gasteiger partial charge in [-0.1, -0.05) is 6.92 Å². The first-order chi connectivity index (χ1) is 17.6. The third-order valence-corrected chi connectivity index (χ3v) is 7.10. The number of nitrogens with zero attached hydrogens (tertiary/aromatic N) is 2. The minimum Gasteiger partial charge on any atom is -0.458 e. The van der Waals surface area contributed by atoms with Crippen molar-refractivity contribution in [3.8, 4) is 11.4 Å². The van der Waals surface area contributed by atoms with Gasteiger partial charge in [-0.3, -0.25) is 4.79 Å². The number of esters is 1. The number of fused-ring (bicyclic) bond motifs is 5. The van der Waals surface area contributed by atoms with Crippen LogP contribution in [0.5, 0.6) is 0 Å². The quantitative estimate of drug-likeness (QED) is 0.347. The van der Waals surface area contributed by atoms with Crippen LogP contribution in [0, 0.1) is 12.7 Å². The van der Waals surface area contributed by atoms with Gasteiger partial charge in [-0.05, 0) is 43.5 Å². The van der Waals surface area contributed by atoms with E-state index >= 15 is 0 Å². The van der Waals surface area contributed by atoms with Crippen molar-refractivity contribution in [2.75, 3.05) is 13.2 Å². The van der Waals surface area contributed by atoms with E-state index < -0.39 is 35.1 Å². The Hall–Kier alpha value is -3.83. The molecular formula is C26H26FN3O7.